The third-order valence-corrected chi connectivity index (χ3v) is 2.53. The van der Waals surface area contributed by atoms with Crippen molar-refractivity contribution in [2.75, 3.05) is 13.1 Å². The molecular weight excluding hydrogens is 228 g/mol. The molecule has 0 saturated carbocycles. The number of carbonyl (C=O) groups excluding carboxylic acids is 2. The maximum Gasteiger partial charge on any atom is 0.251 e. The Labute approximate surface area is 108 Å². The Kier molecular flexibility index (Phi) is 6.54. The van der Waals surface area contributed by atoms with E-state index in [9.17, 15) is 9.59 Å². The van der Waals surface area contributed by atoms with E-state index < -0.39 is 0 Å². The maximum absolute atomic E-state index is 11.6. The summed E-state index contributed by atoms with van der Waals surface area (Å²) in [6.45, 7) is 3.15. The van der Waals surface area contributed by atoms with Gasteiger partial charge in [-0.1, -0.05) is 31.5 Å². The molecule has 0 aromatic heterocycles. The van der Waals surface area contributed by atoms with Crippen LogP contribution in [0, 0.1) is 0 Å². The maximum atomic E-state index is 11.6. The summed E-state index contributed by atoms with van der Waals surface area (Å²) in [7, 11) is 0. The number of benzene rings is 1. The van der Waals surface area contributed by atoms with E-state index in [0.29, 0.717) is 25.1 Å². The first-order valence-electron chi connectivity index (χ1n) is 6.34. The topological polar surface area (TPSA) is 58.2 Å². The normalized spacial score (nSPS) is 9.83. The fraction of sp³-hybridized carbons (Fsp3) is 0.429. The second kappa shape index (κ2) is 8.28. The van der Waals surface area contributed by atoms with E-state index in [-0.39, 0.29) is 11.8 Å². The quantitative estimate of drug-likeness (QED) is 0.722. The van der Waals surface area contributed by atoms with E-state index in [1.165, 1.54) is 0 Å². The van der Waals surface area contributed by atoms with E-state index in [2.05, 4.69) is 17.6 Å². The lowest BCUT2D eigenvalue weighted by Crippen LogP contribution is -2.31. The molecule has 98 valence electrons. The SMILES string of the molecule is CCCCNC(=O)CCNC(=O)c1ccccc1. The van der Waals surface area contributed by atoms with Gasteiger partial charge in [-0.2, -0.15) is 0 Å². The summed E-state index contributed by atoms with van der Waals surface area (Å²) in [6, 6.07) is 8.98. The monoisotopic (exact) mass is 248 g/mol. The van der Waals surface area contributed by atoms with Gasteiger partial charge in [0, 0.05) is 25.1 Å². The molecular formula is C14H20N2O2. The Hall–Kier alpha value is -1.84. The van der Waals surface area contributed by atoms with E-state index >= 15 is 0 Å². The zero-order valence-electron chi connectivity index (χ0n) is 10.7. The van der Waals surface area contributed by atoms with E-state index in [0.717, 1.165) is 12.8 Å². The summed E-state index contributed by atoms with van der Waals surface area (Å²) < 4.78 is 0. The van der Waals surface area contributed by atoms with Crippen LogP contribution in [0.2, 0.25) is 0 Å². The number of unbranched alkanes of at least 4 members (excludes halogenated alkanes) is 1. The summed E-state index contributed by atoms with van der Waals surface area (Å²) in [4.78, 5) is 23.0. The Balaban J connectivity index is 2.18. The fourth-order valence-corrected chi connectivity index (χ4v) is 1.47. The van der Waals surface area contributed by atoms with Crippen molar-refractivity contribution in [3.8, 4) is 0 Å². The van der Waals surface area contributed by atoms with Crippen LogP contribution in [-0.2, 0) is 4.79 Å². The minimum atomic E-state index is -0.142. The van der Waals surface area contributed by atoms with Crippen molar-refractivity contribution >= 4 is 11.8 Å². The average Bonchev–Trinajstić information content (AvgIpc) is 2.40. The van der Waals surface area contributed by atoms with Gasteiger partial charge in [-0.3, -0.25) is 9.59 Å². The first-order valence-corrected chi connectivity index (χ1v) is 6.34. The van der Waals surface area contributed by atoms with Gasteiger partial charge in [-0.05, 0) is 18.6 Å². The fourth-order valence-electron chi connectivity index (χ4n) is 1.47. The Morgan fingerprint density at radius 1 is 1.06 bits per heavy atom. The smallest absolute Gasteiger partial charge is 0.251 e. The molecule has 0 aliphatic heterocycles. The molecule has 0 fully saturated rings. The number of nitrogens with one attached hydrogen (secondary N) is 2. The first kappa shape index (κ1) is 14.2. The summed E-state index contributed by atoms with van der Waals surface area (Å²) >= 11 is 0. The number of hydrogen-bond donors (Lipinski definition) is 2. The molecule has 0 spiro atoms. The van der Waals surface area contributed by atoms with Gasteiger partial charge in [0.25, 0.3) is 5.91 Å². The molecule has 0 radical (unpaired) electrons. The van der Waals surface area contributed by atoms with Crippen LogP contribution in [0.4, 0.5) is 0 Å². The minimum absolute atomic E-state index is 0.0168. The van der Waals surface area contributed by atoms with Crippen LogP contribution < -0.4 is 10.6 Å². The van der Waals surface area contributed by atoms with Crippen molar-refractivity contribution in [3.05, 3.63) is 35.9 Å². The molecule has 1 rings (SSSR count). The average molecular weight is 248 g/mol. The van der Waals surface area contributed by atoms with Crippen molar-refractivity contribution < 1.29 is 9.59 Å². The van der Waals surface area contributed by atoms with Crippen LogP contribution in [0.3, 0.4) is 0 Å². The second-order valence-electron chi connectivity index (χ2n) is 4.08. The third kappa shape index (κ3) is 5.48. The zero-order valence-corrected chi connectivity index (χ0v) is 10.7. The summed E-state index contributed by atoms with van der Waals surface area (Å²) in [5.74, 6) is -0.159. The zero-order chi connectivity index (χ0) is 13.2. The van der Waals surface area contributed by atoms with Crippen LogP contribution in [0.1, 0.15) is 36.5 Å². The summed E-state index contributed by atoms with van der Waals surface area (Å²) in [5.41, 5.74) is 0.615. The second-order valence-corrected chi connectivity index (χ2v) is 4.08. The highest BCUT2D eigenvalue weighted by Gasteiger charge is 2.05. The molecule has 0 aliphatic carbocycles. The van der Waals surface area contributed by atoms with Crippen molar-refractivity contribution in [2.24, 2.45) is 0 Å². The van der Waals surface area contributed by atoms with Gasteiger partial charge in [-0.15, -0.1) is 0 Å². The lowest BCUT2D eigenvalue weighted by molar-refractivity contribution is -0.120. The molecule has 0 heterocycles. The molecule has 0 bridgehead atoms. The highest BCUT2D eigenvalue weighted by molar-refractivity contribution is 5.94. The van der Waals surface area contributed by atoms with E-state index in [4.69, 9.17) is 0 Å². The van der Waals surface area contributed by atoms with Crippen LogP contribution in [0.15, 0.2) is 30.3 Å². The Bertz CT molecular complexity index is 377. The van der Waals surface area contributed by atoms with Crippen LogP contribution >= 0.6 is 0 Å². The molecule has 0 atom stereocenters. The predicted octanol–water partition coefficient (Wildman–Crippen LogP) is 1.72. The van der Waals surface area contributed by atoms with Crippen molar-refractivity contribution in [1.82, 2.24) is 10.6 Å². The molecule has 4 heteroatoms. The largest absolute Gasteiger partial charge is 0.356 e. The minimum Gasteiger partial charge on any atom is -0.356 e. The molecule has 0 saturated heterocycles. The molecule has 4 nitrogen and oxygen atoms in total. The number of rotatable bonds is 7. The van der Waals surface area contributed by atoms with E-state index in [1.807, 2.05) is 18.2 Å². The number of amides is 2. The van der Waals surface area contributed by atoms with Crippen LogP contribution in [-0.4, -0.2) is 24.9 Å². The third-order valence-electron chi connectivity index (χ3n) is 2.53. The molecule has 0 unspecified atom stereocenters. The molecule has 1 aromatic carbocycles. The van der Waals surface area contributed by atoms with Crippen molar-refractivity contribution in [1.29, 1.82) is 0 Å². The Morgan fingerprint density at radius 3 is 2.44 bits per heavy atom. The first-order chi connectivity index (χ1) is 8.74. The summed E-state index contributed by atoms with van der Waals surface area (Å²) in [6.07, 6.45) is 2.37. The highest BCUT2D eigenvalue weighted by atomic mass is 16.2. The predicted molar refractivity (Wildman–Crippen MR) is 71.3 cm³/mol. The summed E-state index contributed by atoms with van der Waals surface area (Å²) in [5, 5.41) is 5.53. The Morgan fingerprint density at radius 2 is 1.78 bits per heavy atom. The van der Waals surface area contributed by atoms with Crippen LogP contribution in [0.5, 0.6) is 0 Å². The van der Waals surface area contributed by atoms with Crippen LogP contribution in [0.25, 0.3) is 0 Å². The molecule has 18 heavy (non-hydrogen) atoms. The molecule has 2 N–H and O–H groups in total. The standard InChI is InChI=1S/C14H20N2O2/c1-2-3-10-15-13(17)9-11-16-14(18)12-7-5-4-6-8-12/h4-8H,2-3,9-11H2,1H3,(H,15,17)(H,16,18). The lowest BCUT2D eigenvalue weighted by atomic mass is 10.2. The van der Waals surface area contributed by atoms with Crippen molar-refractivity contribution in [2.45, 2.75) is 26.2 Å². The van der Waals surface area contributed by atoms with Gasteiger partial charge in [0.05, 0.1) is 0 Å². The van der Waals surface area contributed by atoms with Gasteiger partial charge in [0.15, 0.2) is 0 Å². The van der Waals surface area contributed by atoms with Gasteiger partial charge in [0.2, 0.25) is 5.91 Å². The molecule has 0 aliphatic rings. The lowest BCUT2D eigenvalue weighted by Gasteiger charge is -2.06. The molecule has 2 amide bonds. The number of carbonyl (C=O) groups is 2. The number of hydrogen-bond acceptors (Lipinski definition) is 2. The van der Waals surface area contributed by atoms with Crippen molar-refractivity contribution in [3.63, 3.8) is 0 Å². The highest BCUT2D eigenvalue weighted by Crippen LogP contribution is 1.97. The van der Waals surface area contributed by atoms with Gasteiger partial charge >= 0.3 is 0 Å². The van der Waals surface area contributed by atoms with Gasteiger partial charge in [0.1, 0.15) is 0 Å². The van der Waals surface area contributed by atoms with E-state index in [1.54, 1.807) is 12.1 Å². The van der Waals surface area contributed by atoms with Gasteiger partial charge < -0.3 is 10.6 Å². The molecule has 1 aromatic rings. The van der Waals surface area contributed by atoms with Gasteiger partial charge in [-0.25, -0.2) is 0 Å².